The number of hydrogen-bond acceptors (Lipinski definition) is 5. The third-order valence-corrected chi connectivity index (χ3v) is 7.92. The molecule has 0 N–H and O–H groups in total. The quantitative estimate of drug-likeness (QED) is 0.0306. The van der Waals surface area contributed by atoms with Gasteiger partial charge in [-0.25, -0.2) is 9.59 Å². The molecule has 5 heteroatoms. The van der Waals surface area contributed by atoms with Crippen LogP contribution in [0, 0.1) is 0 Å². The van der Waals surface area contributed by atoms with E-state index in [1.807, 2.05) is 0 Å². The predicted octanol–water partition coefficient (Wildman–Crippen LogP) is 13.1. The summed E-state index contributed by atoms with van der Waals surface area (Å²) < 4.78 is 0. The van der Waals surface area contributed by atoms with Crippen molar-refractivity contribution in [2.45, 2.75) is 194 Å². The number of carbonyl (C=O) groups excluding carboxylic acids is 2. The van der Waals surface area contributed by atoms with Crippen LogP contribution in [0.4, 0.5) is 0 Å². The lowest BCUT2D eigenvalue weighted by Gasteiger charge is -2.04. The molecule has 0 amide bonds. The van der Waals surface area contributed by atoms with Crippen LogP contribution in [0.3, 0.4) is 0 Å². The van der Waals surface area contributed by atoms with Crippen molar-refractivity contribution >= 4 is 11.9 Å². The molecule has 5 nitrogen and oxygen atoms in total. The van der Waals surface area contributed by atoms with E-state index in [2.05, 4.69) is 77.3 Å². The molecule has 0 unspecified atom stereocenters. The molecule has 0 heterocycles. The number of hydrogen-bond donors (Lipinski definition) is 0. The van der Waals surface area contributed by atoms with Gasteiger partial charge in [-0.15, -0.1) is 0 Å². The van der Waals surface area contributed by atoms with Crippen molar-refractivity contribution in [2.24, 2.45) is 0 Å². The van der Waals surface area contributed by atoms with Gasteiger partial charge in [0.25, 0.3) is 0 Å². The highest BCUT2D eigenvalue weighted by atomic mass is 17.5. The second-order valence-corrected chi connectivity index (χ2v) is 12.4. The number of allylic oxidation sites excluding steroid dienone is 8. The average molecular weight is 631 g/mol. The van der Waals surface area contributed by atoms with Crippen molar-refractivity contribution in [3.8, 4) is 0 Å². The van der Waals surface area contributed by atoms with Crippen LogP contribution in [0.15, 0.2) is 48.6 Å². The average Bonchev–Trinajstić information content (AvgIpc) is 3.04. The first kappa shape index (κ1) is 42.9. The SMILES string of the molecule is CCCCC/C=C\C/C=C\CCCCCCCCCC(=O)OOOC(=O)CCCCCCCCC/C=C\C/C=C\CCCCC. The molecule has 0 rings (SSSR count). The van der Waals surface area contributed by atoms with Crippen LogP contribution < -0.4 is 0 Å². The summed E-state index contributed by atoms with van der Waals surface area (Å²) >= 11 is 0. The lowest BCUT2D eigenvalue weighted by molar-refractivity contribution is -0.459. The fraction of sp³-hybridized carbons (Fsp3) is 0.750. The summed E-state index contributed by atoms with van der Waals surface area (Å²) in [5.74, 6) is -0.981. The van der Waals surface area contributed by atoms with Crippen molar-refractivity contribution < 1.29 is 24.4 Å². The Morgan fingerprint density at radius 1 is 0.378 bits per heavy atom. The Morgan fingerprint density at radius 2 is 0.667 bits per heavy atom. The molecule has 0 aromatic rings. The van der Waals surface area contributed by atoms with Crippen LogP contribution in [0.5, 0.6) is 0 Å². The summed E-state index contributed by atoms with van der Waals surface area (Å²) in [6, 6.07) is 0. The molecule has 0 saturated heterocycles. The highest BCUT2D eigenvalue weighted by molar-refractivity contribution is 5.69. The maximum absolute atomic E-state index is 11.8. The molecule has 0 aromatic heterocycles. The standard InChI is InChI=1S/C40H70O5/c1-3-5-7-9-11-13-15-17-19-21-23-25-27-29-31-33-35-37-39(41)43-45-44-40(42)38-36-34-32-30-28-26-24-22-20-18-16-14-12-10-8-6-4-2/h11-14,17-20H,3-10,15-16,21-38H2,1-2H3/b13-11-,14-12-,19-17-,20-18-. The van der Waals surface area contributed by atoms with Gasteiger partial charge < -0.3 is 0 Å². The van der Waals surface area contributed by atoms with Gasteiger partial charge in [0.05, 0.1) is 0 Å². The van der Waals surface area contributed by atoms with Crippen LogP contribution in [-0.2, 0) is 24.4 Å². The molecule has 0 radical (unpaired) electrons. The lowest BCUT2D eigenvalue weighted by atomic mass is 10.1. The maximum atomic E-state index is 11.8. The Morgan fingerprint density at radius 3 is 1.00 bits per heavy atom. The smallest absolute Gasteiger partial charge is 0.260 e. The van der Waals surface area contributed by atoms with Gasteiger partial charge in [0.1, 0.15) is 0 Å². The van der Waals surface area contributed by atoms with E-state index in [4.69, 9.17) is 0 Å². The summed E-state index contributed by atoms with van der Waals surface area (Å²) in [6.07, 6.45) is 49.3. The van der Waals surface area contributed by atoms with Gasteiger partial charge in [-0.3, -0.25) is 9.78 Å². The monoisotopic (exact) mass is 631 g/mol. The van der Waals surface area contributed by atoms with E-state index in [0.29, 0.717) is 0 Å². The Kier molecular flexibility index (Phi) is 36.2. The minimum Gasteiger partial charge on any atom is -0.260 e. The molecule has 0 atom stereocenters. The fourth-order valence-electron chi connectivity index (χ4n) is 5.04. The van der Waals surface area contributed by atoms with E-state index < -0.39 is 11.9 Å². The van der Waals surface area contributed by atoms with Gasteiger partial charge in [0.15, 0.2) is 0 Å². The van der Waals surface area contributed by atoms with Crippen molar-refractivity contribution in [1.29, 1.82) is 0 Å². The van der Waals surface area contributed by atoms with Crippen LogP contribution >= 0.6 is 0 Å². The van der Waals surface area contributed by atoms with Gasteiger partial charge in [0.2, 0.25) is 0 Å². The van der Waals surface area contributed by atoms with Crippen molar-refractivity contribution in [3.63, 3.8) is 0 Å². The third kappa shape index (κ3) is 38.0. The summed E-state index contributed by atoms with van der Waals surface area (Å²) in [5, 5.41) is 4.41. The summed E-state index contributed by atoms with van der Waals surface area (Å²) in [4.78, 5) is 32.7. The Hall–Kier alpha value is -2.14. The number of unbranched alkanes of at least 4 members (excludes halogenated alkanes) is 20. The van der Waals surface area contributed by atoms with Gasteiger partial charge >= 0.3 is 11.9 Å². The Labute approximate surface area is 278 Å². The molecule has 0 aliphatic carbocycles. The number of rotatable bonds is 34. The summed E-state index contributed by atoms with van der Waals surface area (Å²) in [7, 11) is 0. The highest BCUT2D eigenvalue weighted by Gasteiger charge is 2.08. The molecular weight excluding hydrogens is 560 g/mol. The number of carbonyl (C=O) groups is 2. The zero-order valence-corrected chi connectivity index (χ0v) is 29.5. The molecule has 260 valence electrons. The zero-order chi connectivity index (χ0) is 32.7. The second kappa shape index (κ2) is 38.0. The Balaban J connectivity index is 3.37. The van der Waals surface area contributed by atoms with Crippen LogP contribution in [-0.4, -0.2) is 11.9 Å². The van der Waals surface area contributed by atoms with Crippen molar-refractivity contribution in [2.75, 3.05) is 0 Å². The molecule has 45 heavy (non-hydrogen) atoms. The van der Waals surface area contributed by atoms with E-state index in [0.717, 1.165) is 64.2 Å². The van der Waals surface area contributed by atoms with E-state index in [-0.39, 0.29) is 12.8 Å². The van der Waals surface area contributed by atoms with Gasteiger partial charge in [-0.1, -0.05) is 152 Å². The Bertz CT molecular complexity index is 690. The minimum atomic E-state index is -0.490. The minimum absolute atomic E-state index is 0.280. The zero-order valence-electron chi connectivity index (χ0n) is 29.5. The van der Waals surface area contributed by atoms with Gasteiger partial charge in [0, 0.05) is 17.9 Å². The molecule has 0 spiro atoms. The van der Waals surface area contributed by atoms with E-state index >= 15 is 0 Å². The van der Waals surface area contributed by atoms with E-state index in [1.54, 1.807) is 0 Å². The van der Waals surface area contributed by atoms with Crippen LogP contribution in [0.1, 0.15) is 194 Å². The van der Waals surface area contributed by atoms with Crippen molar-refractivity contribution in [1.82, 2.24) is 0 Å². The molecule has 0 aliphatic heterocycles. The first-order chi connectivity index (χ1) is 22.2. The molecule has 0 aliphatic rings. The molecule has 0 saturated carbocycles. The first-order valence-electron chi connectivity index (χ1n) is 18.9. The highest BCUT2D eigenvalue weighted by Crippen LogP contribution is 2.12. The van der Waals surface area contributed by atoms with Gasteiger partial charge in [-0.2, -0.15) is 0 Å². The molecular formula is C40H70O5. The second-order valence-electron chi connectivity index (χ2n) is 12.4. The van der Waals surface area contributed by atoms with Crippen LogP contribution in [0.2, 0.25) is 0 Å². The molecule has 0 aromatic carbocycles. The van der Waals surface area contributed by atoms with Gasteiger partial charge in [-0.05, 0) is 77.0 Å². The molecule has 0 fully saturated rings. The lowest BCUT2D eigenvalue weighted by Crippen LogP contribution is -2.10. The fourth-order valence-corrected chi connectivity index (χ4v) is 5.04. The van der Waals surface area contributed by atoms with Crippen molar-refractivity contribution in [3.05, 3.63) is 48.6 Å². The maximum Gasteiger partial charge on any atom is 0.346 e. The topological polar surface area (TPSA) is 61.8 Å². The van der Waals surface area contributed by atoms with E-state index in [9.17, 15) is 9.59 Å². The first-order valence-corrected chi connectivity index (χ1v) is 18.9. The summed E-state index contributed by atoms with van der Waals surface area (Å²) in [5.41, 5.74) is 0. The summed E-state index contributed by atoms with van der Waals surface area (Å²) in [6.45, 7) is 4.48. The van der Waals surface area contributed by atoms with Crippen LogP contribution in [0.25, 0.3) is 0 Å². The third-order valence-electron chi connectivity index (χ3n) is 7.92. The molecule has 0 bridgehead atoms. The predicted molar refractivity (Wildman–Crippen MR) is 190 cm³/mol. The largest absolute Gasteiger partial charge is 0.346 e. The normalized spacial score (nSPS) is 12.0. The van der Waals surface area contributed by atoms with E-state index in [1.165, 1.54) is 103 Å².